The Bertz CT molecular complexity index is 838. The molecule has 1 amide bonds. The van der Waals surface area contributed by atoms with Crippen molar-refractivity contribution in [3.05, 3.63) is 35.5 Å². The highest BCUT2D eigenvalue weighted by molar-refractivity contribution is 5.81. The molecule has 0 atom stereocenters. The molecule has 1 aliphatic rings. The number of carbonyl (C=O) groups is 1. The number of aromatic nitrogens is 3. The zero-order chi connectivity index (χ0) is 22.1. The fraction of sp³-hybridized carbons (Fsp3) is 0.571. The molecule has 1 fully saturated rings. The van der Waals surface area contributed by atoms with Crippen LogP contribution in [-0.2, 0) is 24.2 Å². The van der Waals surface area contributed by atoms with E-state index in [1.165, 1.54) is 0 Å². The van der Waals surface area contributed by atoms with Crippen molar-refractivity contribution >= 4 is 17.8 Å². The minimum absolute atomic E-state index is 0.136. The number of nitrogens with zero attached hydrogens (tertiary/aromatic N) is 6. The molecule has 0 radical (unpaired) electrons. The van der Waals surface area contributed by atoms with E-state index in [-0.39, 0.29) is 5.91 Å². The summed E-state index contributed by atoms with van der Waals surface area (Å²) >= 11 is 0. The molecule has 0 aliphatic carbocycles. The van der Waals surface area contributed by atoms with E-state index in [0.717, 1.165) is 48.9 Å². The fourth-order valence-corrected chi connectivity index (χ4v) is 3.59. The van der Waals surface area contributed by atoms with Crippen molar-refractivity contribution in [2.75, 3.05) is 44.7 Å². The van der Waals surface area contributed by atoms with Crippen LogP contribution in [0.25, 0.3) is 0 Å². The second-order valence-electron chi connectivity index (χ2n) is 7.26. The van der Waals surface area contributed by atoms with Gasteiger partial charge in [-0.1, -0.05) is 19.0 Å². The first-order chi connectivity index (χ1) is 15.2. The maximum atomic E-state index is 12.6. The molecule has 3 heterocycles. The molecule has 0 aromatic carbocycles. The molecule has 0 spiro atoms. The highest BCUT2D eigenvalue weighted by Gasteiger charge is 2.22. The average Bonchev–Trinajstić information content (AvgIpc) is 3.23. The van der Waals surface area contributed by atoms with Crippen molar-refractivity contribution in [1.82, 2.24) is 30.7 Å². The third-order valence-corrected chi connectivity index (χ3v) is 5.36. The number of rotatable bonds is 8. The largest absolute Gasteiger partial charge is 0.361 e. The first-order valence-corrected chi connectivity index (χ1v) is 10.9. The molecule has 1 saturated heterocycles. The Morgan fingerprint density at radius 1 is 1.13 bits per heavy atom. The Balaban J connectivity index is 1.40. The number of aryl methyl sites for hydroxylation is 2. The van der Waals surface area contributed by atoms with Crippen LogP contribution >= 0.6 is 0 Å². The molecule has 0 unspecified atom stereocenters. The van der Waals surface area contributed by atoms with Crippen LogP contribution < -0.4 is 15.5 Å². The van der Waals surface area contributed by atoms with Crippen molar-refractivity contribution in [1.29, 1.82) is 0 Å². The van der Waals surface area contributed by atoms with Crippen molar-refractivity contribution in [2.24, 2.45) is 4.99 Å². The van der Waals surface area contributed by atoms with Gasteiger partial charge in [0.25, 0.3) is 0 Å². The number of guanidine groups is 1. The van der Waals surface area contributed by atoms with E-state index >= 15 is 0 Å². The Kier molecular flexibility index (Phi) is 8.19. The van der Waals surface area contributed by atoms with E-state index in [9.17, 15) is 4.79 Å². The van der Waals surface area contributed by atoms with Crippen molar-refractivity contribution < 1.29 is 9.32 Å². The maximum absolute atomic E-state index is 12.6. The number of hydrogen-bond donors (Lipinski definition) is 2. The second kappa shape index (κ2) is 11.3. The number of amides is 1. The zero-order valence-corrected chi connectivity index (χ0v) is 18.6. The number of nitrogens with one attached hydrogen (secondary N) is 2. The number of carbonyl (C=O) groups excluding carboxylic acids is 1. The molecule has 168 valence electrons. The predicted molar refractivity (Wildman–Crippen MR) is 119 cm³/mol. The van der Waals surface area contributed by atoms with Crippen LogP contribution in [0.15, 0.2) is 28.0 Å². The van der Waals surface area contributed by atoms with Gasteiger partial charge in [-0.05, 0) is 12.5 Å². The second-order valence-corrected chi connectivity index (χ2v) is 7.26. The van der Waals surface area contributed by atoms with Gasteiger partial charge < -0.3 is 25.0 Å². The van der Waals surface area contributed by atoms with Gasteiger partial charge in [-0.3, -0.25) is 9.79 Å². The lowest BCUT2D eigenvalue weighted by Crippen LogP contribution is -2.50. The lowest BCUT2D eigenvalue weighted by atomic mass is 10.1. The summed E-state index contributed by atoms with van der Waals surface area (Å²) in [6.45, 7) is 8.06. The van der Waals surface area contributed by atoms with Crippen LogP contribution in [0.1, 0.15) is 37.3 Å². The van der Waals surface area contributed by atoms with E-state index < -0.39 is 0 Å². The summed E-state index contributed by atoms with van der Waals surface area (Å²) in [5, 5.41) is 10.6. The topological polar surface area (TPSA) is 112 Å². The zero-order valence-electron chi connectivity index (χ0n) is 18.6. The summed E-state index contributed by atoms with van der Waals surface area (Å²) in [4.78, 5) is 29.4. The minimum Gasteiger partial charge on any atom is -0.361 e. The molecule has 2 N–H and O–H groups in total. The van der Waals surface area contributed by atoms with Gasteiger partial charge in [0.15, 0.2) is 5.96 Å². The molecule has 31 heavy (non-hydrogen) atoms. The van der Waals surface area contributed by atoms with Gasteiger partial charge in [0, 0.05) is 77.1 Å². The summed E-state index contributed by atoms with van der Waals surface area (Å²) in [5.41, 5.74) is 2.05. The van der Waals surface area contributed by atoms with E-state index in [4.69, 9.17) is 4.52 Å². The van der Waals surface area contributed by atoms with Crippen molar-refractivity contribution in [2.45, 2.75) is 39.7 Å². The Morgan fingerprint density at radius 2 is 1.87 bits per heavy atom. The van der Waals surface area contributed by atoms with Crippen LogP contribution in [-0.4, -0.2) is 71.7 Å². The lowest BCUT2D eigenvalue weighted by molar-refractivity contribution is -0.131. The van der Waals surface area contributed by atoms with Crippen LogP contribution in [0.2, 0.25) is 0 Å². The maximum Gasteiger partial charge on any atom is 0.225 e. The summed E-state index contributed by atoms with van der Waals surface area (Å²) in [7, 11) is 1.72. The number of aliphatic imine (C=N–C) groups is 1. The first-order valence-electron chi connectivity index (χ1n) is 10.9. The predicted octanol–water partition coefficient (Wildman–Crippen LogP) is 0.993. The van der Waals surface area contributed by atoms with Gasteiger partial charge in [-0.2, -0.15) is 0 Å². The summed E-state index contributed by atoms with van der Waals surface area (Å²) in [5.74, 6) is 2.41. The molecule has 2 aromatic heterocycles. The number of hydrogen-bond acceptors (Lipinski definition) is 7. The molecule has 3 rings (SSSR count). The van der Waals surface area contributed by atoms with E-state index in [0.29, 0.717) is 38.6 Å². The number of piperazine rings is 1. The van der Waals surface area contributed by atoms with Crippen LogP contribution in [0.4, 0.5) is 5.95 Å². The molecule has 10 nitrogen and oxygen atoms in total. The highest BCUT2D eigenvalue weighted by Crippen LogP contribution is 2.15. The standard InChI is InChI=1S/C21H32N8O2/c1-4-17-16(18(5-2)31-27-17)15-26-20(22-3)23-10-7-19(30)28-11-13-29(14-12-28)21-24-8-6-9-25-21/h6,8-9H,4-5,7,10-15H2,1-3H3,(H2,22,23,26). The molecular formula is C21H32N8O2. The third kappa shape index (κ3) is 5.93. The van der Waals surface area contributed by atoms with Crippen LogP contribution in [0, 0.1) is 0 Å². The molecular weight excluding hydrogens is 396 g/mol. The van der Waals surface area contributed by atoms with Crippen LogP contribution in [0.3, 0.4) is 0 Å². The minimum atomic E-state index is 0.136. The Labute approximate surface area is 183 Å². The SMILES string of the molecule is CCc1noc(CC)c1CNC(=NC)NCCC(=O)N1CCN(c2ncccn2)CC1. The molecule has 2 aromatic rings. The first kappa shape index (κ1) is 22.5. The smallest absolute Gasteiger partial charge is 0.225 e. The lowest BCUT2D eigenvalue weighted by Gasteiger charge is -2.34. The molecule has 0 bridgehead atoms. The molecule has 0 saturated carbocycles. The van der Waals surface area contributed by atoms with Crippen molar-refractivity contribution in [3.8, 4) is 0 Å². The van der Waals surface area contributed by atoms with E-state index in [1.807, 2.05) is 4.90 Å². The van der Waals surface area contributed by atoms with E-state index in [2.05, 4.69) is 49.5 Å². The number of anilines is 1. The quantitative estimate of drug-likeness (QED) is 0.473. The Morgan fingerprint density at radius 3 is 2.52 bits per heavy atom. The summed E-state index contributed by atoms with van der Waals surface area (Å²) in [6, 6.07) is 1.80. The Hall–Kier alpha value is -3.17. The average molecular weight is 429 g/mol. The molecule has 1 aliphatic heterocycles. The molecule has 10 heteroatoms. The van der Waals surface area contributed by atoms with Gasteiger partial charge in [-0.15, -0.1) is 0 Å². The van der Waals surface area contributed by atoms with Gasteiger partial charge in [0.1, 0.15) is 5.76 Å². The monoisotopic (exact) mass is 428 g/mol. The summed E-state index contributed by atoms with van der Waals surface area (Å²) in [6.07, 6.45) is 5.51. The highest BCUT2D eigenvalue weighted by atomic mass is 16.5. The third-order valence-electron chi connectivity index (χ3n) is 5.36. The summed E-state index contributed by atoms with van der Waals surface area (Å²) < 4.78 is 5.41. The van der Waals surface area contributed by atoms with Gasteiger partial charge in [-0.25, -0.2) is 9.97 Å². The van der Waals surface area contributed by atoms with Gasteiger partial charge in [0.05, 0.1) is 5.69 Å². The van der Waals surface area contributed by atoms with E-state index in [1.54, 1.807) is 25.5 Å². The fourth-order valence-electron chi connectivity index (χ4n) is 3.59. The van der Waals surface area contributed by atoms with Gasteiger partial charge >= 0.3 is 0 Å². The normalized spacial score (nSPS) is 14.6. The van der Waals surface area contributed by atoms with Crippen LogP contribution in [0.5, 0.6) is 0 Å². The van der Waals surface area contributed by atoms with Crippen molar-refractivity contribution in [3.63, 3.8) is 0 Å². The van der Waals surface area contributed by atoms with Gasteiger partial charge in [0.2, 0.25) is 11.9 Å².